The highest BCUT2D eigenvalue weighted by Gasteiger charge is 2.22. The number of rotatable bonds is 7. The van der Waals surface area contributed by atoms with Crippen molar-refractivity contribution >= 4 is 11.6 Å². The molecule has 0 spiro atoms. The standard InChI is InChI=1S/C20H16O2.C14H12O2/c21-19(16-11-5-2-6-12-16)20(22)18-14-8-7-13-17(18)15-9-3-1-4-10-15;15-13(11-7-3-1-4-8-11)14(16)12-9-5-2-6-10-12/h1-14,19,21H;1-10,13,15H. The Kier molecular flexibility index (Phi) is 9.08. The molecule has 0 aliphatic heterocycles. The molecule has 0 saturated carbocycles. The summed E-state index contributed by atoms with van der Waals surface area (Å²) < 4.78 is 0. The zero-order chi connectivity index (χ0) is 26.7. The number of aliphatic hydroxyl groups excluding tert-OH is 2. The van der Waals surface area contributed by atoms with E-state index in [9.17, 15) is 19.8 Å². The minimum Gasteiger partial charge on any atom is -0.380 e. The van der Waals surface area contributed by atoms with Gasteiger partial charge in [-0.15, -0.1) is 0 Å². The Morgan fingerprint density at radius 2 is 0.842 bits per heavy atom. The summed E-state index contributed by atoms with van der Waals surface area (Å²) in [4.78, 5) is 24.6. The van der Waals surface area contributed by atoms with E-state index in [1.807, 2.05) is 78.9 Å². The quantitative estimate of drug-likeness (QED) is 0.239. The van der Waals surface area contributed by atoms with Crippen LogP contribution in [0.15, 0.2) is 146 Å². The topological polar surface area (TPSA) is 74.6 Å². The lowest BCUT2D eigenvalue weighted by Crippen LogP contribution is -2.13. The van der Waals surface area contributed by atoms with Gasteiger partial charge in [-0.05, 0) is 22.3 Å². The van der Waals surface area contributed by atoms with Crippen molar-refractivity contribution in [2.24, 2.45) is 0 Å². The molecule has 0 radical (unpaired) electrons. The summed E-state index contributed by atoms with van der Waals surface area (Å²) in [6, 6.07) is 43.9. The highest BCUT2D eigenvalue weighted by molar-refractivity contribution is 6.05. The van der Waals surface area contributed by atoms with Crippen LogP contribution in [0, 0.1) is 0 Å². The molecule has 0 aliphatic carbocycles. The monoisotopic (exact) mass is 500 g/mol. The Morgan fingerprint density at radius 3 is 1.37 bits per heavy atom. The first-order chi connectivity index (χ1) is 18.6. The number of carbonyl (C=O) groups excluding carboxylic acids is 2. The molecular weight excluding hydrogens is 472 g/mol. The first-order valence-corrected chi connectivity index (χ1v) is 12.3. The molecule has 0 aliphatic rings. The maximum Gasteiger partial charge on any atom is 0.196 e. The highest BCUT2D eigenvalue weighted by Crippen LogP contribution is 2.27. The molecule has 2 N–H and O–H groups in total. The van der Waals surface area contributed by atoms with Gasteiger partial charge in [0.1, 0.15) is 12.2 Å². The van der Waals surface area contributed by atoms with Gasteiger partial charge in [-0.1, -0.05) is 146 Å². The predicted molar refractivity (Wildman–Crippen MR) is 150 cm³/mol. The third-order valence-electron chi connectivity index (χ3n) is 6.06. The lowest BCUT2D eigenvalue weighted by atomic mass is 9.93. The van der Waals surface area contributed by atoms with Gasteiger partial charge in [-0.3, -0.25) is 9.59 Å². The molecule has 0 heterocycles. The fourth-order valence-electron chi connectivity index (χ4n) is 4.05. The van der Waals surface area contributed by atoms with Gasteiger partial charge in [0.25, 0.3) is 0 Å². The van der Waals surface area contributed by atoms with Gasteiger partial charge in [0.15, 0.2) is 11.6 Å². The molecule has 4 heteroatoms. The molecule has 2 atom stereocenters. The molecule has 38 heavy (non-hydrogen) atoms. The Labute approximate surface area is 222 Å². The van der Waals surface area contributed by atoms with Gasteiger partial charge >= 0.3 is 0 Å². The van der Waals surface area contributed by atoms with Crippen molar-refractivity contribution in [1.29, 1.82) is 0 Å². The van der Waals surface area contributed by atoms with Crippen molar-refractivity contribution in [1.82, 2.24) is 0 Å². The van der Waals surface area contributed by atoms with E-state index in [2.05, 4.69) is 0 Å². The highest BCUT2D eigenvalue weighted by atomic mass is 16.3. The lowest BCUT2D eigenvalue weighted by molar-refractivity contribution is 0.0744. The van der Waals surface area contributed by atoms with Crippen LogP contribution in [-0.2, 0) is 0 Å². The van der Waals surface area contributed by atoms with Crippen LogP contribution in [-0.4, -0.2) is 21.8 Å². The van der Waals surface area contributed by atoms with Crippen molar-refractivity contribution in [3.05, 3.63) is 168 Å². The summed E-state index contributed by atoms with van der Waals surface area (Å²) in [6.07, 6.45) is -2.23. The summed E-state index contributed by atoms with van der Waals surface area (Å²) in [6.45, 7) is 0. The molecule has 0 bridgehead atoms. The average molecular weight is 501 g/mol. The zero-order valence-corrected chi connectivity index (χ0v) is 20.7. The molecule has 0 fully saturated rings. The largest absolute Gasteiger partial charge is 0.380 e. The second-order valence-electron chi connectivity index (χ2n) is 8.63. The fraction of sp³-hybridized carbons (Fsp3) is 0.0588. The molecule has 0 saturated heterocycles. The van der Waals surface area contributed by atoms with Crippen molar-refractivity contribution in [2.75, 3.05) is 0 Å². The molecule has 188 valence electrons. The van der Waals surface area contributed by atoms with Crippen LogP contribution in [0.3, 0.4) is 0 Å². The summed E-state index contributed by atoms with van der Waals surface area (Å²) in [5.74, 6) is -0.558. The number of hydrogen-bond acceptors (Lipinski definition) is 4. The van der Waals surface area contributed by atoms with Gasteiger partial charge in [-0.2, -0.15) is 0 Å². The van der Waals surface area contributed by atoms with Crippen LogP contribution in [0.4, 0.5) is 0 Å². The van der Waals surface area contributed by atoms with E-state index >= 15 is 0 Å². The van der Waals surface area contributed by atoms with E-state index < -0.39 is 12.2 Å². The van der Waals surface area contributed by atoms with Crippen molar-refractivity contribution in [3.8, 4) is 11.1 Å². The maximum atomic E-state index is 12.7. The number of benzene rings is 5. The molecule has 2 unspecified atom stereocenters. The smallest absolute Gasteiger partial charge is 0.196 e. The Bertz CT molecular complexity index is 1450. The van der Waals surface area contributed by atoms with Crippen molar-refractivity contribution < 1.29 is 19.8 Å². The molecule has 4 nitrogen and oxygen atoms in total. The molecule has 5 rings (SSSR count). The van der Waals surface area contributed by atoms with Crippen LogP contribution in [0.2, 0.25) is 0 Å². The predicted octanol–water partition coefficient (Wildman–Crippen LogP) is 6.87. The van der Waals surface area contributed by atoms with Crippen molar-refractivity contribution in [2.45, 2.75) is 12.2 Å². The number of ketones is 2. The SMILES string of the molecule is O=C(c1ccccc1)C(O)c1ccccc1.O=C(c1ccccc1-c1ccccc1)C(O)c1ccccc1. The average Bonchev–Trinajstić information content (AvgIpc) is 3.01. The second-order valence-corrected chi connectivity index (χ2v) is 8.63. The van der Waals surface area contributed by atoms with Gasteiger partial charge in [0.05, 0.1) is 0 Å². The third kappa shape index (κ3) is 6.56. The normalized spacial score (nSPS) is 11.9. The van der Waals surface area contributed by atoms with Crippen LogP contribution in [0.5, 0.6) is 0 Å². The van der Waals surface area contributed by atoms with Gasteiger partial charge < -0.3 is 10.2 Å². The van der Waals surface area contributed by atoms with Crippen LogP contribution in [0.25, 0.3) is 11.1 Å². The molecule has 5 aromatic rings. The minimum atomic E-state index is -1.15. The Balaban J connectivity index is 0.000000186. The maximum absolute atomic E-state index is 12.7. The summed E-state index contributed by atoms with van der Waals surface area (Å²) >= 11 is 0. The molecule has 0 aromatic heterocycles. The second kappa shape index (κ2) is 13.1. The summed E-state index contributed by atoms with van der Waals surface area (Å²) in [7, 11) is 0. The number of carbonyl (C=O) groups is 2. The number of aliphatic hydroxyl groups is 2. The van der Waals surface area contributed by atoms with E-state index in [1.54, 1.807) is 66.7 Å². The van der Waals surface area contributed by atoms with Crippen LogP contribution in [0.1, 0.15) is 44.1 Å². The molecular formula is C34H28O4. The zero-order valence-electron chi connectivity index (χ0n) is 20.7. The van der Waals surface area contributed by atoms with Crippen LogP contribution >= 0.6 is 0 Å². The van der Waals surface area contributed by atoms with E-state index in [-0.39, 0.29) is 11.6 Å². The van der Waals surface area contributed by atoms with Gasteiger partial charge in [0.2, 0.25) is 0 Å². The lowest BCUT2D eigenvalue weighted by Gasteiger charge is -2.13. The van der Waals surface area contributed by atoms with E-state index in [0.717, 1.165) is 11.1 Å². The summed E-state index contributed by atoms with van der Waals surface area (Å²) in [5.41, 5.74) is 4.09. The van der Waals surface area contributed by atoms with Gasteiger partial charge in [0, 0.05) is 11.1 Å². The van der Waals surface area contributed by atoms with E-state index in [4.69, 9.17) is 0 Å². The van der Waals surface area contributed by atoms with Crippen molar-refractivity contribution in [3.63, 3.8) is 0 Å². The molecule has 0 amide bonds. The first-order valence-electron chi connectivity index (χ1n) is 12.3. The molecule has 5 aromatic carbocycles. The third-order valence-corrected chi connectivity index (χ3v) is 6.06. The number of Topliss-reactive ketones (excluding diaryl/α,β-unsaturated/α-hetero) is 2. The first kappa shape index (κ1) is 26.4. The van der Waals surface area contributed by atoms with Crippen LogP contribution < -0.4 is 0 Å². The van der Waals surface area contributed by atoms with E-state index in [0.29, 0.717) is 22.3 Å². The Hall–Kier alpha value is -4.64. The fourth-order valence-corrected chi connectivity index (χ4v) is 4.05. The van der Waals surface area contributed by atoms with E-state index in [1.165, 1.54) is 0 Å². The minimum absolute atomic E-state index is 0.271. The Morgan fingerprint density at radius 1 is 0.447 bits per heavy atom. The number of hydrogen-bond donors (Lipinski definition) is 2. The summed E-state index contributed by atoms with van der Waals surface area (Å²) in [5, 5.41) is 20.3. The van der Waals surface area contributed by atoms with Gasteiger partial charge in [-0.25, -0.2) is 0 Å².